The molecule has 0 aliphatic heterocycles. The molecule has 0 saturated heterocycles. The molecule has 1 aliphatic carbocycles. The van der Waals surface area contributed by atoms with Crippen LogP contribution < -0.4 is 5.32 Å². The zero-order valence-corrected chi connectivity index (χ0v) is 16.1. The number of nitrogens with zero attached hydrogens (tertiary/aromatic N) is 3. The molecule has 1 fully saturated rings. The van der Waals surface area contributed by atoms with Crippen LogP contribution in [0.25, 0.3) is 0 Å². The van der Waals surface area contributed by atoms with Crippen molar-refractivity contribution in [1.29, 1.82) is 0 Å². The summed E-state index contributed by atoms with van der Waals surface area (Å²) in [6.45, 7) is 7.92. The maximum Gasteiger partial charge on any atom is 0.194 e. The van der Waals surface area contributed by atoms with E-state index in [4.69, 9.17) is 9.47 Å². The van der Waals surface area contributed by atoms with Gasteiger partial charge in [-0.05, 0) is 32.6 Å². The molecule has 1 heterocycles. The Morgan fingerprint density at radius 1 is 1.54 bits per heavy atom. The molecule has 0 bridgehead atoms. The predicted molar refractivity (Wildman–Crippen MR) is 98.5 cm³/mol. The van der Waals surface area contributed by atoms with Crippen molar-refractivity contribution < 1.29 is 9.47 Å². The number of methoxy groups -OCH3 is 1. The van der Waals surface area contributed by atoms with Gasteiger partial charge in [-0.25, -0.2) is 4.98 Å². The van der Waals surface area contributed by atoms with Gasteiger partial charge in [0.15, 0.2) is 5.96 Å². The van der Waals surface area contributed by atoms with E-state index in [0.29, 0.717) is 13.2 Å². The number of rotatable bonds is 10. The lowest BCUT2D eigenvalue weighted by atomic mass is 10.4. The van der Waals surface area contributed by atoms with Gasteiger partial charge >= 0.3 is 0 Å². The molecule has 0 radical (unpaired) electrons. The molecule has 1 N–H and O–H groups in total. The van der Waals surface area contributed by atoms with E-state index in [1.165, 1.54) is 12.8 Å². The molecule has 6 nitrogen and oxygen atoms in total. The Labute approximate surface area is 149 Å². The molecule has 1 atom stereocenters. The fourth-order valence-corrected chi connectivity index (χ4v) is 3.06. The third-order valence-corrected chi connectivity index (χ3v) is 4.97. The molecular formula is C17H30N4O2S. The molecule has 1 aliphatic rings. The summed E-state index contributed by atoms with van der Waals surface area (Å²) in [7, 11) is 3.74. The van der Waals surface area contributed by atoms with Crippen LogP contribution in [0.3, 0.4) is 0 Å². The van der Waals surface area contributed by atoms with Gasteiger partial charge in [-0.15, -0.1) is 11.3 Å². The highest BCUT2D eigenvalue weighted by molar-refractivity contribution is 7.09. The van der Waals surface area contributed by atoms with Gasteiger partial charge in [0.05, 0.1) is 25.4 Å². The quantitative estimate of drug-likeness (QED) is 0.398. The summed E-state index contributed by atoms with van der Waals surface area (Å²) in [5.41, 5.74) is 1.04. The van der Waals surface area contributed by atoms with Crippen LogP contribution in [0.4, 0.5) is 0 Å². The van der Waals surface area contributed by atoms with Crippen LogP contribution in [0.2, 0.25) is 0 Å². The fraction of sp³-hybridized carbons (Fsp3) is 0.765. The van der Waals surface area contributed by atoms with Crippen LogP contribution in [0, 0.1) is 5.92 Å². The van der Waals surface area contributed by atoms with Gasteiger partial charge in [-0.1, -0.05) is 0 Å². The Kier molecular flexibility index (Phi) is 7.94. The average Bonchev–Trinajstić information content (AvgIpc) is 3.29. The summed E-state index contributed by atoms with van der Waals surface area (Å²) >= 11 is 1.64. The summed E-state index contributed by atoms with van der Waals surface area (Å²) < 4.78 is 11.0. The number of hydrogen-bond donors (Lipinski definition) is 1. The Bertz CT molecular complexity index is 516. The van der Waals surface area contributed by atoms with Crippen molar-refractivity contribution in [1.82, 2.24) is 15.2 Å². The maximum absolute atomic E-state index is 5.65. The molecule has 0 amide bonds. The van der Waals surface area contributed by atoms with Gasteiger partial charge in [-0.3, -0.25) is 4.99 Å². The molecule has 1 unspecified atom stereocenters. The third-order valence-electron chi connectivity index (χ3n) is 3.91. The molecule has 0 aromatic carbocycles. The Morgan fingerprint density at radius 3 is 3.00 bits per heavy atom. The van der Waals surface area contributed by atoms with Crippen molar-refractivity contribution in [2.45, 2.75) is 39.3 Å². The van der Waals surface area contributed by atoms with Crippen LogP contribution >= 0.6 is 11.3 Å². The second-order valence-electron chi connectivity index (χ2n) is 6.17. The van der Waals surface area contributed by atoms with Crippen molar-refractivity contribution in [3.05, 3.63) is 16.1 Å². The first kappa shape index (κ1) is 19.1. The van der Waals surface area contributed by atoms with E-state index < -0.39 is 0 Å². The van der Waals surface area contributed by atoms with Gasteiger partial charge in [-0.2, -0.15) is 0 Å². The van der Waals surface area contributed by atoms with Gasteiger partial charge in [0.25, 0.3) is 0 Å². The number of nitrogens with one attached hydrogen (secondary N) is 1. The molecule has 7 heteroatoms. The number of guanidine groups is 1. The molecule has 1 aromatic rings. The largest absolute Gasteiger partial charge is 0.379 e. The zero-order chi connectivity index (χ0) is 17.4. The molecular weight excluding hydrogens is 324 g/mol. The first-order chi connectivity index (χ1) is 11.6. The van der Waals surface area contributed by atoms with Crippen molar-refractivity contribution >= 4 is 17.3 Å². The third kappa shape index (κ3) is 6.37. The van der Waals surface area contributed by atoms with E-state index in [1.54, 1.807) is 18.4 Å². The van der Waals surface area contributed by atoms with E-state index in [-0.39, 0.29) is 6.10 Å². The minimum absolute atomic E-state index is 0.0413. The maximum atomic E-state index is 5.65. The van der Waals surface area contributed by atoms with Crippen LogP contribution in [0.15, 0.2) is 10.4 Å². The molecule has 1 aromatic heterocycles. The van der Waals surface area contributed by atoms with E-state index in [1.807, 2.05) is 14.0 Å². The summed E-state index contributed by atoms with van der Waals surface area (Å²) in [5.74, 6) is 1.69. The zero-order valence-electron chi connectivity index (χ0n) is 15.2. The normalized spacial score (nSPS) is 16.2. The van der Waals surface area contributed by atoms with Gasteiger partial charge < -0.3 is 19.7 Å². The van der Waals surface area contributed by atoms with Crippen LogP contribution in [-0.2, 0) is 16.0 Å². The van der Waals surface area contributed by atoms with Gasteiger partial charge in [0, 0.05) is 32.7 Å². The summed E-state index contributed by atoms with van der Waals surface area (Å²) in [5, 5.41) is 6.42. The van der Waals surface area contributed by atoms with Crippen LogP contribution in [-0.4, -0.2) is 56.3 Å². The molecule has 1 saturated carbocycles. The topological polar surface area (TPSA) is 59.0 Å². The smallest absolute Gasteiger partial charge is 0.194 e. The fourth-order valence-electron chi connectivity index (χ4n) is 2.22. The molecule has 136 valence electrons. The van der Waals surface area contributed by atoms with Crippen LogP contribution in [0.5, 0.6) is 0 Å². The second kappa shape index (κ2) is 9.96. The van der Waals surface area contributed by atoms with Crippen molar-refractivity contribution in [2.75, 3.05) is 40.5 Å². The number of aromatic nitrogens is 1. The summed E-state index contributed by atoms with van der Waals surface area (Å²) in [6.07, 6.45) is 2.69. The lowest BCUT2D eigenvalue weighted by Gasteiger charge is -2.21. The van der Waals surface area contributed by atoms with E-state index in [0.717, 1.165) is 42.3 Å². The number of aliphatic imine (C=N–C) groups is 1. The number of hydrogen-bond acceptors (Lipinski definition) is 5. The van der Waals surface area contributed by atoms with Gasteiger partial charge in [0.2, 0.25) is 0 Å². The van der Waals surface area contributed by atoms with Crippen molar-refractivity contribution in [3.63, 3.8) is 0 Å². The highest BCUT2D eigenvalue weighted by Gasteiger charge is 2.20. The molecule has 0 spiro atoms. The van der Waals surface area contributed by atoms with E-state index in [2.05, 4.69) is 32.5 Å². The standard InChI is InChI=1S/C17H30N4O2S/c1-5-18-17(19-8-9-23-11-14-6-7-14)21(3)10-15-12-24-16(20-15)13(2)22-4/h12-14H,5-11H2,1-4H3,(H,18,19). The van der Waals surface area contributed by atoms with Crippen molar-refractivity contribution in [2.24, 2.45) is 10.9 Å². The predicted octanol–water partition coefficient (Wildman–Crippen LogP) is 2.67. The van der Waals surface area contributed by atoms with E-state index in [9.17, 15) is 0 Å². The Morgan fingerprint density at radius 2 is 2.33 bits per heavy atom. The Hall–Kier alpha value is -1.18. The summed E-state index contributed by atoms with van der Waals surface area (Å²) in [6, 6.07) is 0. The minimum Gasteiger partial charge on any atom is -0.379 e. The van der Waals surface area contributed by atoms with Crippen molar-refractivity contribution in [3.8, 4) is 0 Å². The highest BCUT2D eigenvalue weighted by atomic mass is 32.1. The molecule has 24 heavy (non-hydrogen) atoms. The first-order valence-electron chi connectivity index (χ1n) is 8.68. The first-order valence-corrected chi connectivity index (χ1v) is 9.56. The lowest BCUT2D eigenvalue weighted by molar-refractivity contribution is 0.119. The SMILES string of the molecule is CCNC(=NCCOCC1CC1)N(C)Cc1csc(C(C)OC)n1. The Balaban J connectivity index is 1.82. The lowest BCUT2D eigenvalue weighted by Crippen LogP contribution is -2.38. The summed E-state index contributed by atoms with van der Waals surface area (Å²) in [4.78, 5) is 11.4. The second-order valence-corrected chi connectivity index (χ2v) is 7.05. The molecule has 2 rings (SSSR count). The minimum atomic E-state index is 0.0413. The van der Waals surface area contributed by atoms with E-state index >= 15 is 0 Å². The monoisotopic (exact) mass is 354 g/mol. The average molecular weight is 355 g/mol. The number of ether oxygens (including phenoxy) is 2. The van der Waals surface area contributed by atoms with Crippen LogP contribution in [0.1, 0.15) is 43.5 Å². The highest BCUT2D eigenvalue weighted by Crippen LogP contribution is 2.28. The van der Waals surface area contributed by atoms with Gasteiger partial charge in [0.1, 0.15) is 11.1 Å². The number of thiazole rings is 1.